The third-order valence-electron chi connectivity index (χ3n) is 3.98. The van der Waals surface area contributed by atoms with Gasteiger partial charge in [-0.3, -0.25) is 4.79 Å². The lowest BCUT2D eigenvalue weighted by Gasteiger charge is -2.17. The van der Waals surface area contributed by atoms with Crippen molar-refractivity contribution in [3.63, 3.8) is 0 Å². The first-order chi connectivity index (χ1) is 12.8. The van der Waals surface area contributed by atoms with E-state index in [1.807, 2.05) is 18.2 Å². The van der Waals surface area contributed by atoms with E-state index < -0.39 is 22.0 Å². The van der Waals surface area contributed by atoms with E-state index in [2.05, 4.69) is 10.0 Å². The van der Waals surface area contributed by atoms with Crippen molar-refractivity contribution < 1.29 is 22.7 Å². The van der Waals surface area contributed by atoms with Gasteiger partial charge in [0.1, 0.15) is 16.4 Å². The number of carbonyl (C=O) groups excluding carboxylic acids is 1. The molecule has 8 heteroatoms. The number of aryl methyl sites for hydroxylation is 1. The molecule has 0 radical (unpaired) electrons. The molecule has 2 aromatic rings. The van der Waals surface area contributed by atoms with Gasteiger partial charge in [0.15, 0.2) is 0 Å². The zero-order valence-corrected chi connectivity index (χ0v) is 16.6. The van der Waals surface area contributed by atoms with Crippen molar-refractivity contribution in [2.75, 3.05) is 14.2 Å². The van der Waals surface area contributed by atoms with Gasteiger partial charge in [-0.1, -0.05) is 24.3 Å². The van der Waals surface area contributed by atoms with Crippen LogP contribution in [-0.4, -0.2) is 34.6 Å². The average molecular weight is 392 g/mol. The molecule has 0 saturated carbocycles. The fourth-order valence-corrected chi connectivity index (χ4v) is 3.98. The van der Waals surface area contributed by atoms with E-state index in [9.17, 15) is 13.2 Å². The van der Waals surface area contributed by atoms with Crippen LogP contribution in [0.3, 0.4) is 0 Å². The van der Waals surface area contributed by atoms with Gasteiger partial charge in [-0.25, -0.2) is 8.42 Å². The maximum Gasteiger partial charge on any atom is 0.244 e. The molecule has 1 atom stereocenters. The van der Waals surface area contributed by atoms with Gasteiger partial charge >= 0.3 is 0 Å². The lowest BCUT2D eigenvalue weighted by molar-refractivity contribution is -0.122. The molecule has 0 aromatic heterocycles. The number of rotatable bonds is 8. The Hall–Kier alpha value is -2.58. The van der Waals surface area contributed by atoms with E-state index in [1.165, 1.54) is 20.1 Å². The molecule has 27 heavy (non-hydrogen) atoms. The number of benzene rings is 2. The Morgan fingerprint density at radius 3 is 2.41 bits per heavy atom. The fourth-order valence-electron chi connectivity index (χ4n) is 2.53. The lowest BCUT2D eigenvalue weighted by Crippen LogP contribution is -2.44. The molecule has 0 spiro atoms. The van der Waals surface area contributed by atoms with Crippen LogP contribution in [0.4, 0.5) is 0 Å². The summed E-state index contributed by atoms with van der Waals surface area (Å²) in [6, 6.07) is 11.1. The van der Waals surface area contributed by atoms with Gasteiger partial charge in [0, 0.05) is 12.1 Å². The Morgan fingerprint density at radius 2 is 1.74 bits per heavy atom. The fraction of sp³-hybridized carbons (Fsp3) is 0.316. The van der Waals surface area contributed by atoms with Gasteiger partial charge in [-0.2, -0.15) is 4.72 Å². The highest BCUT2D eigenvalue weighted by molar-refractivity contribution is 7.89. The maximum atomic E-state index is 12.7. The molecule has 1 amide bonds. The standard InChI is InChI=1S/C19H24N2O5S/c1-13-9-10-17(26-4)18(11-13)27(23,24)21-14(2)19(22)20-12-15-7-5-6-8-16(15)25-3/h5-11,14,21H,12H2,1-4H3,(H,20,22)/t14-/m0/s1. The van der Waals surface area contributed by atoms with E-state index in [0.717, 1.165) is 11.1 Å². The Morgan fingerprint density at radius 1 is 1.07 bits per heavy atom. The molecule has 146 valence electrons. The Kier molecular flexibility index (Phi) is 6.81. The highest BCUT2D eigenvalue weighted by Crippen LogP contribution is 2.24. The largest absolute Gasteiger partial charge is 0.496 e. The Labute approximate surface area is 159 Å². The monoisotopic (exact) mass is 392 g/mol. The molecule has 0 heterocycles. The summed E-state index contributed by atoms with van der Waals surface area (Å²) in [7, 11) is -0.982. The van der Waals surface area contributed by atoms with E-state index in [1.54, 1.807) is 32.2 Å². The molecular formula is C19H24N2O5S. The van der Waals surface area contributed by atoms with Crippen molar-refractivity contribution in [3.05, 3.63) is 53.6 Å². The van der Waals surface area contributed by atoms with Crippen molar-refractivity contribution in [2.24, 2.45) is 0 Å². The van der Waals surface area contributed by atoms with Gasteiger partial charge in [0.2, 0.25) is 15.9 Å². The SMILES string of the molecule is COc1ccccc1CNC(=O)[C@H](C)NS(=O)(=O)c1cc(C)ccc1OC. The first kappa shape index (κ1) is 20.7. The van der Waals surface area contributed by atoms with Crippen LogP contribution < -0.4 is 19.5 Å². The Bertz CT molecular complexity index is 912. The summed E-state index contributed by atoms with van der Waals surface area (Å²) in [6.45, 7) is 3.49. The maximum absolute atomic E-state index is 12.7. The number of nitrogens with one attached hydrogen (secondary N) is 2. The van der Waals surface area contributed by atoms with Crippen LogP contribution in [0.2, 0.25) is 0 Å². The molecule has 0 unspecified atom stereocenters. The molecule has 2 aromatic carbocycles. The van der Waals surface area contributed by atoms with Gasteiger partial charge in [-0.15, -0.1) is 0 Å². The molecule has 0 saturated heterocycles. The predicted octanol–water partition coefficient (Wildman–Crippen LogP) is 2.00. The van der Waals surface area contributed by atoms with Crippen molar-refractivity contribution >= 4 is 15.9 Å². The number of amides is 1. The Balaban J connectivity index is 2.08. The number of hydrogen-bond acceptors (Lipinski definition) is 5. The zero-order chi connectivity index (χ0) is 20.0. The number of para-hydroxylation sites is 1. The van der Waals surface area contributed by atoms with Crippen molar-refractivity contribution in [2.45, 2.75) is 31.3 Å². The third-order valence-corrected chi connectivity index (χ3v) is 5.54. The quantitative estimate of drug-likeness (QED) is 0.717. The molecule has 0 bridgehead atoms. The molecule has 0 aliphatic rings. The summed E-state index contributed by atoms with van der Waals surface area (Å²) in [5.41, 5.74) is 1.56. The third kappa shape index (κ3) is 5.21. The van der Waals surface area contributed by atoms with Crippen LogP contribution in [0.5, 0.6) is 11.5 Å². The summed E-state index contributed by atoms with van der Waals surface area (Å²) >= 11 is 0. The number of sulfonamides is 1. The van der Waals surface area contributed by atoms with E-state index in [-0.39, 0.29) is 17.2 Å². The minimum atomic E-state index is -3.93. The second kappa shape index (κ2) is 8.88. The van der Waals surface area contributed by atoms with Crippen LogP contribution in [0.1, 0.15) is 18.1 Å². The summed E-state index contributed by atoms with van der Waals surface area (Å²) < 4.78 is 38.1. The molecule has 7 nitrogen and oxygen atoms in total. The summed E-state index contributed by atoms with van der Waals surface area (Å²) in [4.78, 5) is 12.3. The topological polar surface area (TPSA) is 93.7 Å². The number of methoxy groups -OCH3 is 2. The molecule has 0 aliphatic carbocycles. The molecule has 0 aliphatic heterocycles. The van der Waals surface area contributed by atoms with E-state index in [0.29, 0.717) is 5.75 Å². The zero-order valence-electron chi connectivity index (χ0n) is 15.8. The first-order valence-corrected chi connectivity index (χ1v) is 9.83. The van der Waals surface area contributed by atoms with Gasteiger partial charge in [0.05, 0.1) is 20.3 Å². The van der Waals surface area contributed by atoms with Crippen molar-refractivity contribution in [3.8, 4) is 11.5 Å². The minimum absolute atomic E-state index is 0.00520. The molecular weight excluding hydrogens is 368 g/mol. The second-order valence-electron chi connectivity index (χ2n) is 6.03. The normalized spacial score (nSPS) is 12.3. The second-order valence-corrected chi connectivity index (χ2v) is 7.71. The summed E-state index contributed by atoms with van der Waals surface area (Å²) in [5, 5.41) is 2.71. The molecule has 2 N–H and O–H groups in total. The highest BCUT2D eigenvalue weighted by Gasteiger charge is 2.25. The average Bonchev–Trinajstić information content (AvgIpc) is 2.65. The van der Waals surface area contributed by atoms with E-state index >= 15 is 0 Å². The van der Waals surface area contributed by atoms with Crippen molar-refractivity contribution in [1.29, 1.82) is 0 Å². The molecule has 0 fully saturated rings. The van der Waals surface area contributed by atoms with Gasteiger partial charge in [-0.05, 0) is 37.6 Å². The van der Waals surface area contributed by atoms with Crippen LogP contribution in [0, 0.1) is 6.92 Å². The summed E-state index contributed by atoms with van der Waals surface area (Å²) in [6.07, 6.45) is 0. The highest BCUT2D eigenvalue weighted by atomic mass is 32.2. The van der Waals surface area contributed by atoms with Crippen LogP contribution in [-0.2, 0) is 21.4 Å². The lowest BCUT2D eigenvalue weighted by atomic mass is 10.2. The number of hydrogen-bond donors (Lipinski definition) is 2. The van der Waals surface area contributed by atoms with Gasteiger partial charge < -0.3 is 14.8 Å². The smallest absolute Gasteiger partial charge is 0.244 e. The molecule has 2 rings (SSSR count). The predicted molar refractivity (Wildman–Crippen MR) is 102 cm³/mol. The van der Waals surface area contributed by atoms with Gasteiger partial charge in [0.25, 0.3) is 0 Å². The van der Waals surface area contributed by atoms with Crippen LogP contribution in [0.15, 0.2) is 47.4 Å². The summed E-state index contributed by atoms with van der Waals surface area (Å²) in [5.74, 6) is 0.418. The number of ether oxygens (including phenoxy) is 2. The minimum Gasteiger partial charge on any atom is -0.496 e. The van der Waals surface area contributed by atoms with E-state index in [4.69, 9.17) is 9.47 Å². The van der Waals surface area contributed by atoms with Crippen molar-refractivity contribution in [1.82, 2.24) is 10.0 Å². The number of carbonyl (C=O) groups is 1. The van der Waals surface area contributed by atoms with Crippen LogP contribution >= 0.6 is 0 Å². The van der Waals surface area contributed by atoms with Crippen LogP contribution in [0.25, 0.3) is 0 Å². The first-order valence-electron chi connectivity index (χ1n) is 8.35.